The van der Waals surface area contributed by atoms with Gasteiger partial charge in [0.05, 0.1) is 6.54 Å². The van der Waals surface area contributed by atoms with Crippen molar-refractivity contribution in [2.24, 2.45) is 0 Å². The summed E-state index contributed by atoms with van der Waals surface area (Å²) in [5.41, 5.74) is 2.58. The quantitative estimate of drug-likeness (QED) is 0.611. The fraction of sp³-hybridized carbons (Fsp3) is 0.300. The standard InChI is InChI=1S/C20H19ClFN3O/c1-13-4-2-5-14(10-13)20-23-19(26-24-20)12-25(15-8-9-15)11-16-17(21)6-3-7-18(16)22/h2-7,10,15H,8-9,11-12H2,1H3. The number of benzene rings is 2. The van der Waals surface area contributed by atoms with Gasteiger partial charge < -0.3 is 4.52 Å². The van der Waals surface area contributed by atoms with Gasteiger partial charge >= 0.3 is 0 Å². The molecule has 1 aliphatic carbocycles. The van der Waals surface area contributed by atoms with E-state index in [1.54, 1.807) is 12.1 Å². The molecule has 0 bridgehead atoms. The Morgan fingerprint density at radius 2 is 2.00 bits per heavy atom. The van der Waals surface area contributed by atoms with Gasteiger partial charge in [-0.3, -0.25) is 4.90 Å². The summed E-state index contributed by atoms with van der Waals surface area (Å²) < 4.78 is 19.6. The van der Waals surface area contributed by atoms with E-state index in [2.05, 4.69) is 15.0 Å². The summed E-state index contributed by atoms with van der Waals surface area (Å²) in [5.74, 6) is 0.818. The molecule has 0 N–H and O–H groups in total. The largest absolute Gasteiger partial charge is 0.338 e. The van der Waals surface area contributed by atoms with Crippen LogP contribution in [0.1, 0.15) is 29.9 Å². The van der Waals surface area contributed by atoms with Crippen molar-refractivity contribution in [3.8, 4) is 11.4 Å². The van der Waals surface area contributed by atoms with Crippen molar-refractivity contribution in [2.45, 2.75) is 38.9 Å². The molecule has 1 fully saturated rings. The van der Waals surface area contributed by atoms with Crippen LogP contribution in [-0.4, -0.2) is 21.1 Å². The van der Waals surface area contributed by atoms with Crippen molar-refractivity contribution < 1.29 is 8.91 Å². The average molecular weight is 372 g/mol. The molecule has 0 aliphatic heterocycles. The second kappa shape index (κ2) is 7.17. The molecule has 134 valence electrons. The number of nitrogens with zero attached hydrogens (tertiary/aromatic N) is 3. The first-order chi connectivity index (χ1) is 12.6. The van der Waals surface area contributed by atoms with Gasteiger partial charge in [-0.2, -0.15) is 4.98 Å². The lowest BCUT2D eigenvalue weighted by Crippen LogP contribution is -2.26. The van der Waals surface area contributed by atoms with Crippen LogP contribution < -0.4 is 0 Å². The topological polar surface area (TPSA) is 42.2 Å². The number of aryl methyl sites for hydroxylation is 1. The molecule has 1 heterocycles. The normalized spacial score (nSPS) is 14.2. The molecule has 6 heteroatoms. The zero-order valence-corrected chi connectivity index (χ0v) is 15.2. The molecule has 4 rings (SSSR count). The Morgan fingerprint density at radius 1 is 1.19 bits per heavy atom. The van der Waals surface area contributed by atoms with Gasteiger partial charge in [0, 0.05) is 28.7 Å². The summed E-state index contributed by atoms with van der Waals surface area (Å²) in [7, 11) is 0. The minimum Gasteiger partial charge on any atom is -0.338 e. The van der Waals surface area contributed by atoms with Gasteiger partial charge in [0.1, 0.15) is 5.82 Å². The van der Waals surface area contributed by atoms with E-state index < -0.39 is 0 Å². The third kappa shape index (κ3) is 3.79. The van der Waals surface area contributed by atoms with Crippen LogP contribution in [0.3, 0.4) is 0 Å². The van der Waals surface area contributed by atoms with E-state index in [0.29, 0.717) is 41.4 Å². The first-order valence-electron chi connectivity index (χ1n) is 8.67. The van der Waals surface area contributed by atoms with Crippen LogP contribution in [0.2, 0.25) is 5.02 Å². The van der Waals surface area contributed by atoms with Crippen molar-refractivity contribution in [3.05, 3.63) is 70.3 Å². The van der Waals surface area contributed by atoms with Gasteiger partial charge in [0.15, 0.2) is 0 Å². The number of halogens is 2. The van der Waals surface area contributed by atoms with Crippen LogP contribution in [0.15, 0.2) is 47.0 Å². The highest BCUT2D eigenvalue weighted by Gasteiger charge is 2.31. The first-order valence-corrected chi connectivity index (χ1v) is 9.04. The Labute approximate surface area is 156 Å². The smallest absolute Gasteiger partial charge is 0.241 e. The van der Waals surface area contributed by atoms with Crippen molar-refractivity contribution in [2.75, 3.05) is 0 Å². The predicted molar refractivity (Wildman–Crippen MR) is 98.2 cm³/mol. The lowest BCUT2D eigenvalue weighted by molar-refractivity contribution is 0.207. The highest BCUT2D eigenvalue weighted by atomic mass is 35.5. The van der Waals surface area contributed by atoms with Crippen LogP contribution in [0.5, 0.6) is 0 Å². The Kier molecular flexibility index (Phi) is 4.74. The number of hydrogen-bond donors (Lipinski definition) is 0. The average Bonchev–Trinajstić information content (AvgIpc) is 3.36. The predicted octanol–water partition coefficient (Wildman–Crippen LogP) is 5.00. The maximum Gasteiger partial charge on any atom is 0.241 e. The molecule has 1 aromatic heterocycles. The maximum atomic E-state index is 14.1. The summed E-state index contributed by atoms with van der Waals surface area (Å²) >= 11 is 6.18. The Bertz CT molecular complexity index is 903. The van der Waals surface area contributed by atoms with Gasteiger partial charge in [-0.1, -0.05) is 46.6 Å². The van der Waals surface area contributed by atoms with Crippen molar-refractivity contribution in [1.82, 2.24) is 15.0 Å². The zero-order valence-electron chi connectivity index (χ0n) is 14.5. The van der Waals surface area contributed by atoms with Gasteiger partial charge in [-0.25, -0.2) is 4.39 Å². The fourth-order valence-electron chi connectivity index (χ4n) is 3.03. The molecule has 0 spiro atoms. The fourth-order valence-corrected chi connectivity index (χ4v) is 3.26. The van der Waals surface area contributed by atoms with Crippen molar-refractivity contribution in [1.29, 1.82) is 0 Å². The Balaban J connectivity index is 1.53. The third-order valence-corrected chi connectivity index (χ3v) is 4.92. The van der Waals surface area contributed by atoms with E-state index >= 15 is 0 Å². The van der Waals surface area contributed by atoms with E-state index in [1.807, 2.05) is 31.2 Å². The third-order valence-electron chi connectivity index (χ3n) is 4.57. The Morgan fingerprint density at radius 3 is 2.73 bits per heavy atom. The lowest BCUT2D eigenvalue weighted by Gasteiger charge is -2.20. The SMILES string of the molecule is Cc1cccc(-c2noc(CN(Cc3c(F)cccc3Cl)C3CC3)n2)c1. The minimum absolute atomic E-state index is 0.283. The molecule has 1 saturated carbocycles. The summed E-state index contributed by atoms with van der Waals surface area (Å²) in [5, 5.41) is 4.54. The van der Waals surface area contributed by atoms with Gasteiger partial charge in [0.25, 0.3) is 0 Å². The van der Waals surface area contributed by atoms with E-state index in [1.165, 1.54) is 6.07 Å². The summed E-state index contributed by atoms with van der Waals surface area (Å²) in [6, 6.07) is 13.2. The second-order valence-electron chi connectivity index (χ2n) is 6.72. The summed E-state index contributed by atoms with van der Waals surface area (Å²) in [6.07, 6.45) is 2.18. The minimum atomic E-state index is -0.283. The zero-order chi connectivity index (χ0) is 18.1. The van der Waals surface area contributed by atoms with Crippen molar-refractivity contribution >= 4 is 11.6 Å². The molecule has 0 unspecified atom stereocenters. The van der Waals surface area contributed by atoms with Crippen LogP contribution in [0.25, 0.3) is 11.4 Å². The van der Waals surface area contributed by atoms with E-state index in [4.69, 9.17) is 16.1 Å². The van der Waals surface area contributed by atoms with Crippen LogP contribution in [-0.2, 0) is 13.1 Å². The van der Waals surface area contributed by atoms with E-state index in [0.717, 1.165) is 24.0 Å². The molecular weight excluding hydrogens is 353 g/mol. The molecule has 0 saturated heterocycles. The first kappa shape index (κ1) is 17.2. The van der Waals surface area contributed by atoms with E-state index in [9.17, 15) is 4.39 Å². The second-order valence-corrected chi connectivity index (χ2v) is 7.12. The van der Waals surface area contributed by atoms with Gasteiger partial charge in [-0.05, 0) is 38.0 Å². The molecule has 0 radical (unpaired) electrons. The molecular formula is C20H19ClFN3O. The van der Waals surface area contributed by atoms with Crippen LogP contribution in [0.4, 0.5) is 4.39 Å². The van der Waals surface area contributed by atoms with Crippen LogP contribution >= 0.6 is 11.6 Å². The highest BCUT2D eigenvalue weighted by Crippen LogP contribution is 2.32. The molecule has 4 nitrogen and oxygen atoms in total. The summed E-state index contributed by atoms with van der Waals surface area (Å²) in [4.78, 5) is 6.66. The monoisotopic (exact) mass is 371 g/mol. The number of aromatic nitrogens is 2. The van der Waals surface area contributed by atoms with Gasteiger partial charge in [-0.15, -0.1) is 0 Å². The molecule has 2 aromatic carbocycles. The number of hydrogen-bond acceptors (Lipinski definition) is 4. The summed E-state index contributed by atoms with van der Waals surface area (Å²) in [6.45, 7) is 2.93. The highest BCUT2D eigenvalue weighted by molar-refractivity contribution is 6.31. The van der Waals surface area contributed by atoms with E-state index in [-0.39, 0.29) is 5.82 Å². The lowest BCUT2D eigenvalue weighted by atomic mass is 10.1. The Hall–Kier alpha value is -2.24. The molecule has 0 atom stereocenters. The van der Waals surface area contributed by atoms with Crippen LogP contribution in [0, 0.1) is 12.7 Å². The molecule has 3 aromatic rings. The number of rotatable bonds is 6. The molecule has 0 amide bonds. The van der Waals surface area contributed by atoms with Gasteiger partial charge in [0.2, 0.25) is 11.7 Å². The molecule has 26 heavy (non-hydrogen) atoms. The van der Waals surface area contributed by atoms with Crippen molar-refractivity contribution in [3.63, 3.8) is 0 Å². The maximum absolute atomic E-state index is 14.1. The molecule has 1 aliphatic rings.